The summed E-state index contributed by atoms with van der Waals surface area (Å²) in [7, 11) is 2.95. The summed E-state index contributed by atoms with van der Waals surface area (Å²) in [4.78, 5) is 11.3. The molecule has 0 spiro atoms. The van der Waals surface area contributed by atoms with Gasteiger partial charge in [0.2, 0.25) is 0 Å². The van der Waals surface area contributed by atoms with Gasteiger partial charge in [0.25, 0.3) is 0 Å². The standard InChI is InChI=1S/C12H15ClO3/c1-8-4-9(7-13)5-11(15-2)10(8)6-12(14)16-3/h4-5H,6-7H2,1-3H3. The number of carbonyl (C=O) groups is 1. The SMILES string of the molecule is COC(=O)Cc1c(C)cc(CCl)cc1OC. The van der Waals surface area contributed by atoms with E-state index in [1.807, 2.05) is 19.1 Å². The Labute approximate surface area is 100 Å². The van der Waals surface area contributed by atoms with E-state index in [-0.39, 0.29) is 12.4 Å². The van der Waals surface area contributed by atoms with Crippen molar-refractivity contribution >= 4 is 17.6 Å². The van der Waals surface area contributed by atoms with Gasteiger partial charge >= 0.3 is 5.97 Å². The summed E-state index contributed by atoms with van der Waals surface area (Å²) in [6.07, 6.45) is 0.216. The summed E-state index contributed by atoms with van der Waals surface area (Å²) in [5.41, 5.74) is 2.81. The average molecular weight is 243 g/mol. The molecule has 0 heterocycles. The summed E-state index contributed by atoms with van der Waals surface area (Å²) in [6.45, 7) is 1.93. The van der Waals surface area contributed by atoms with Gasteiger partial charge < -0.3 is 9.47 Å². The lowest BCUT2D eigenvalue weighted by Gasteiger charge is -2.12. The maximum absolute atomic E-state index is 11.3. The Morgan fingerprint density at radius 2 is 2.06 bits per heavy atom. The van der Waals surface area contributed by atoms with Crippen LogP contribution in [0, 0.1) is 6.92 Å². The minimum Gasteiger partial charge on any atom is -0.496 e. The van der Waals surface area contributed by atoms with Crippen LogP contribution in [0.3, 0.4) is 0 Å². The number of ether oxygens (including phenoxy) is 2. The van der Waals surface area contributed by atoms with Gasteiger partial charge in [0.1, 0.15) is 5.75 Å². The summed E-state index contributed by atoms with van der Waals surface area (Å²) >= 11 is 5.77. The average Bonchev–Trinajstić information content (AvgIpc) is 2.30. The molecule has 88 valence electrons. The van der Waals surface area contributed by atoms with Gasteiger partial charge in [0.15, 0.2) is 0 Å². The van der Waals surface area contributed by atoms with Crippen LogP contribution in [0.15, 0.2) is 12.1 Å². The third-order valence-electron chi connectivity index (χ3n) is 2.41. The monoisotopic (exact) mass is 242 g/mol. The number of halogens is 1. The van der Waals surface area contributed by atoms with Gasteiger partial charge in [-0.1, -0.05) is 6.07 Å². The molecule has 1 aromatic carbocycles. The summed E-state index contributed by atoms with van der Waals surface area (Å²) in [6, 6.07) is 3.80. The van der Waals surface area contributed by atoms with Crippen molar-refractivity contribution in [3.05, 3.63) is 28.8 Å². The van der Waals surface area contributed by atoms with E-state index in [0.29, 0.717) is 11.6 Å². The Morgan fingerprint density at radius 1 is 1.38 bits per heavy atom. The van der Waals surface area contributed by atoms with Crippen molar-refractivity contribution in [2.75, 3.05) is 14.2 Å². The first-order valence-corrected chi connectivity index (χ1v) is 5.45. The Bertz CT molecular complexity index is 388. The van der Waals surface area contributed by atoms with Crippen LogP contribution in [-0.4, -0.2) is 20.2 Å². The fourth-order valence-electron chi connectivity index (χ4n) is 1.56. The number of rotatable bonds is 4. The number of hydrogen-bond donors (Lipinski definition) is 0. The predicted octanol–water partition coefficient (Wildman–Crippen LogP) is 2.46. The Kier molecular flexibility index (Phi) is 4.62. The number of benzene rings is 1. The molecule has 1 aromatic rings. The van der Waals surface area contributed by atoms with Crippen molar-refractivity contribution in [3.8, 4) is 5.75 Å². The maximum atomic E-state index is 11.3. The van der Waals surface area contributed by atoms with E-state index in [0.717, 1.165) is 16.7 Å². The fraction of sp³-hybridized carbons (Fsp3) is 0.417. The molecule has 0 aliphatic heterocycles. The first-order valence-electron chi connectivity index (χ1n) is 4.91. The van der Waals surface area contributed by atoms with E-state index in [1.54, 1.807) is 7.11 Å². The van der Waals surface area contributed by atoms with Crippen LogP contribution in [0.2, 0.25) is 0 Å². The van der Waals surface area contributed by atoms with Gasteiger partial charge in [-0.25, -0.2) is 0 Å². The van der Waals surface area contributed by atoms with Crippen LogP contribution < -0.4 is 4.74 Å². The van der Waals surface area contributed by atoms with Crippen molar-refractivity contribution in [2.45, 2.75) is 19.2 Å². The van der Waals surface area contributed by atoms with Gasteiger partial charge in [-0.2, -0.15) is 0 Å². The zero-order valence-corrected chi connectivity index (χ0v) is 10.4. The molecule has 4 heteroatoms. The molecule has 0 saturated heterocycles. The van der Waals surface area contributed by atoms with Crippen LogP contribution in [0.1, 0.15) is 16.7 Å². The normalized spacial score (nSPS) is 10.0. The van der Waals surface area contributed by atoms with Gasteiger partial charge in [-0.3, -0.25) is 4.79 Å². The molecule has 0 bridgehead atoms. The zero-order chi connectivity index (χ0) is 12.1. The Hall–Kier alpha value is -1.22. The second kappa shape index (κ2) is 5.75. The van der Waals surface area contributed by atoms with Gasteiger partial charge in [0, 0.05) is 11.4 Å². The molecular weight excluding hydrogens is 228 g/mol. The fourth-order valence-corrected chi connectivity index (χ4v) is 1.71. The van der Waals surface area contributed by atoms with Crippen molar-refractivity contribution in [3.63, 3.8) is 0 Å². The highest BCUT2D eigenvalue weighted by atomic mass is 35.5. The van der Waals surface area contributed by atoms with Crippen molar-refractivity contribution < 1.29 is 14.3 Å². The molecule has 3 nitrogen and oxygen atoms in total. The van der Waals surface area contributed by atoms with Crippen LogP contribution >= 0.6 is 11.6 Å². The van der Waals surface area contributed by atoms with Crippen LogP contribution in [0.25, 0.3) is 0 Å². The predicted molar refractivity (Wildman–Crippen MR) is 63.0 cm³/mol. The number of esters is 1. The molecule has 0 N–H and O–H groups in total. The molecule has 0 radical (unpaired) electrons. The lowest BCUT2D eigenvalue weighted by molar-refractivity contribution is -0.139. The topological polar surface area (TPSA) is 35.5 Å². The highest BCUT2D eigenvalue weighted by Crippen LogP contribution is 2.26. The van der Waals surface area contributed by atoms with Gasteiger partial charge in [-0.05, 0) is 24.1 Å². The van der Waals surface area contributed by atoms with E-state index in [1.165, 1.54) is 7.11 Å². The highest BCUT2D eigenvalue weighted by molar-refractivity contribution is 6.17. The van der Waals surface area contributed by atoms with E-state index in [9.17, 15) is 4.79 Å². The second-order valence-corrected chi connectivity index (χ2v) is 3.75. The Morgan fingerprint density at radius 3 is 2.56 bits per heavy atom. The number of hydrogen-bond acceptors (Lipinski definition) is 3. The number of methoxy groups -OCH3 is 2. The number of alkyl halides is 1. The second-order valence-electron chi connectivity index (χ2n) is 3.48. The molecular formula is C12H15ClO3. The van der Waals surface area contributed by atoms with Gasteiger partial charge in [-0.15, -0.1) is 11.6 Å². The molecule has 0 unspecified atom stereocenters. The summed E-state index contributed by atoms with van der Waals surface area (Å²) < 4.78 is 9.89. The maximum Gasteiger partial charge on any atom is 0.310 e. The van der Waals surface area contributed by atoms with Crippen molar-refractivity contribution in [2.24, 2.45) is 0 Å². The smallest absolute Gasteiger partial charge is 0.310 e. The summed E-state index contributed by atoms with van der Waals surface area (Å²) in [5.74, 6) is 0.830. The van der Waals surface area contributed by atoms with Gasteiger partial charge in [0.05, 0.1) is 20.6 Å². The molecule has 0 atom stereocenters. The van der Waals surface area contributed by atoms with Crippen LogP contribution in [-0.2, 0) is 21.8 Å². The summed E-state index contributed by atoms with van der Waals surface area (Å²) in [5, 5.41) is 0. The lowest BCUT2D eigenvalue weighted by atomic mass is 10.0. The molecule has 16 heavy (non-hydrogen) atoms. The van der Waals surface area contributed by atoms with Crippen LogP contribution in [0.4, 0.5) is 0 Å². The van der Waals surface area contributed by atoms with E-state index in [2.05, 4.69) is 4.74 Å². The first kappa shape index (κ1) is 12.8. The molecule has 0 saturated carbocycles. The van der Waals surface area contributed by atoms with Crippen LogP contribution in [0.5, 0.6) is 5.75 Å². The van der Waals surface area contributed by atoms with E-state index < -0.39 is 0 Å². The molecule has 0 aliphatic carbocycles. The zero-order valence-electron chi connectivity index (χ0n) is 9.67. The number of aryl methyl sites for hydroxylation is 1. The van der Waals surface area contributed by atoms with Crippen molar-refractivity contribution in [1.29, 1.82) is 0 Å². The first-order chi connectivity index (χ1) is 7.62. The highest BCUT2D eigenvalue weighted by Gasteiger charge is 2.12. The van der Waals surface area contributed by atoms with E-state index >= 15 is 0 Å². The largest absolute Gasteiger partial charge is 0.496 e. The number of carbonyl (C=O) groups excluding carboxylic acids is 1. The third kappa shape index (κ3) is 2.89. The molecule has 0 fully saturated rings. The quantitative estimate of drug-likeness (QED) is 0.601. The van der Waals surface area contributed by atoms with E-state index in [4.69, 9.17) is 16.3 Å². The molecule has 0 amide bonds. The minimum atomic E-state index is -0.278. The van der Waals surface area contributed by atoms with Crippen molar-refractivity contribution in [1.82, 2.24) is 0 Å². The third-order valence-corrected chi connectivity index (χ3v) is 2.72. The molecule has 0 aliphatic rings. The minimum absolute atomic E-state index is 0.216. The lowest BCUT2D eigenvalue weighted by Crippen LogP contribution is -2.08. The molecule has 0 aromatic heterocycles. The molecule has 1 rings (SSSR count). The Balaban J connectivity index is 3.11.